The second-order valence-corrected chi connectivity index (χ2v) is 9.54. The third-order valence-corrected chi connectivity index (χ3v) is 6.92. The van der Waals surface area contributed by atoms with Crippen LogP contribution in [-0.2, 0) is 14.8 Å². The number of halogens is 1. The van der Waals surface area contributed by atoms with E-state index in [1.54, 1.807) is 24.3 Å². The van der Waals surface area contributed by atoms with Crippen LogP contribution in [0.3, 0.4) is 0 Å². The molecule has 1 aromatic rings. The SMILES string of the molecule is CC(NC(=O)C1CCCCC1(C)N)c1ccc(S(=O)(=O)N(C)C)cc1.Cl. The summed E-state index contributed by atoms with van der Waals surface area (Å²) < 4.78 is 25.4. The maximum atomic E-state index is 12.6. The Balaban J connectivity index is 0.00000338. The van der Waals surface area contributed by atoms with Gasteiger partial charge in [-0.2, -0.15) is 0 Å². The molecule has 8 heteroatoms. The molecule has 3 N–H and O–H groups in total. The number of rotatable bonds is 5. The Labute approximate surface area is 163 Å². The van der Waals surface area contributed by atoms with Gasteiger partial charge in [-0.15, -0.1) is 12.4 Å². The maximum Gasteiger partial charge on any atom is 0.242 e. The number of nitrogens with two attached hydrogens (primary N) is 1. The summed E-state index contributed by atoms with van der Waals surface area (Å²) in [5.74, 6) is -0.209. The second kappa shape index (κ2) is 8.69. The topological polar surface area (TPSA) is 92.5 Å². The third-order valence-electron chi connectivity index (χ3n) is 5.09. The van der Waals surface area contributed by atoms with Gasteiger partial charge in [0.05, 0.1) is 16.9 Å². The highest BCUT2D eigenvalue weighted by atomic mass is 35.5. The van der Waals surface area contributed by atoms with Gasteiger partial charge in [0.2, 0.25) is 15.9 Å². The summed E-state index contributed by atoms with van der Waals surface area (Å²) in [5, 5.41) is 3.02. The van der Waals surface area contributed by atoms with Gasteiger partial charge in [-0.1, -0.05) is 25.0 Å². The monoisotopic (exact) mass is 403 g/mol. The third kappa shape index (κ3) is 4.97. The first-order valence-corrected chi connectivity index (χ1v) is 10.1. The fourth-order valence-corrected chi connectivity index (χ4v) is 4.23. The number of hydrogen-bond acceptors (Lipinski definition) is 4. The van der Waals surface area contributed by atoms with E-state index >= 15 is 0 Å². The molecular weight excluding hydrogens is 374 g/mol. The molecule has 1 saturated carbocycles. The van der Waals surface area contributed by atoms with Crippen molar-refractivity contribution in [3.63, 3.8) is 0 Å². The van der Waals surface area contributed by atoms with E-state index in [9.17, 15) is 13.2 Å². The van der Waals surface area contributed by atoms with Crippen LogP contribution in [0.1, 0.15) is 51.1 Å². The predicted molar refractivity (Wildman–Crippen MR) is 106 cm³/mol. The quantitative estimate of drug-likeness (QED) is 0.789. The summed E-state index contributed by atoms with van der Waals surface area (Å²) in [6, 6.07) is 6.41. The Morgan fingerprint density at radius 2 is 1.85 bits per heavy atom. The number of amides is 1. The normalized spacial score (nSPS) is 24.6. The van der Waals surface area contributed by atoms with Crippen LogP contribution in [0.4, 0.5) is 0 Å². The minimum Gasteiger partial charge on any atom is -0.349 e. The van der Waals surface area contributed by atoms with E-state index in [0.717, 1.165) is 31.2 Å². The van der Waals surface area contributed by atoms with Crippen molar-refractivity contribution in [2.45, 2.75) is 56.0 Å². The first kappa shape index (κ1) is 22.9. The maximum absolute atomic E-state index is 12.6. The molecule has 0 aliphatic heterocycles. The molecule has 0 aromatic heterocycles. The zero-order chi connectivity index (χ0) is 18.8. The fourth-order valence-electron chi connectivity index (χ4n) is 3.33. The van der Waals surface area contributed by atoms with Crippen molar-refractivity contribution in [2.24, 2.45) is 11.7 Å². The Kier molecular flexibility index (Phi) is 7.65. The Bertz CT molecular complexity index is 718. The van der Waals surface area contributed by atoms with E-state index in [4.69, 9.17) is 5.73 Å². The lowest BCUT2D eigenvalue weighted by atomic mass is 9.74. The first-order chi connectivity index (χ1) is 11.6. The van der Waals surface area contributed by atoms with Crippen molar-refractivity contribution in [2.75, 3.05) is 14.1 Å². The molecule has 26 heavy (non-hydrogen) atoms. The zero-order valence-corrected chi connectivity index (χ0v) is 17.5. The second-order valence-electron chi connectivity index (χ2n) is 7.39. The standard InChI is InChI=1S/C18H29N3O3S.ClH/c1-13(20-17(22)16-7-5-6-12-18(16,2)19)14-8-10-15(11-9-14)25(23,24)21(3)4;/h8-11,13,16H,5-7,12,19H2,1-4H3,(H,20,22);1H. The molecule has 1 aromatic carbocycles. The summed E-state index contributed by atoms with van der Waals surface area (Å²) in [5.41, 5.74) is 6.70. The largest absolute Gasteiger partial charge is 0.349 e. The first-order valence-electron chi connectivity index (χ1n) is 8.67. The molecule has 1 amide bonds. The van der Waals surface area contributed by atoms with E-state index in [0.29, 0.717) is 0 Å². The molecular formula is C18H30ClN3O3S. The molecule has 0 heterocycles. The van der Waals surface area contributed by atoms with E-state index in [1.165, 1.54) is 18.4 Å². The smallest absolute Gasteiger partial charge is 0.242 e. The lowest BCUT2D eigenvalue weighted by molar-refractivity contribution is -0.128. The van der Waals surface area contributed by atoms with Crippen molar-refractivity contribution in [3.8, 4) is 0 Å². The lowest BCUT2D eigenvalue weighted by Gasteiger charge is -2.37. The van der Waals surface area contributed by atoms with E-state index in [-0.39, 0.29) is 35.2 Å². The van der Waals surface area contributed by atoms with Crippen LogP contribution in [-0.4, -0.2) is 38.3 Å². The Morgan fingerprint density at radius 1 is 1.27 bits per heavy atom. The number of carbonyl (C=O) groups is 1. The molecule has 0 bridgehead atoms. The average Bonchev–Trinajstić information content (AvgIpc) is 2.54. The van der Waals surface area contributed by atoms with Gasteiger partial charge in [0.25, 0.3) is 0 Å². The molecule has 3 atom stereocenters. The zero-order valence-electron chi connectivity index (χ0n) is 15.9. The highest BCUT2D eigenvalue weighted by Gasteiger charge is 2.38. The number of hydrogen-bond donors (Lipinski definition) is 2. The van der Waals surface area contributed by atoms with Gasteiger partial charge >= 0.3 is 0 Å². The summed E-state index contributed by atoms with van der Waals surface area (Å²) in [7, 11) is -0.445. The van der Waals surface area contributed by atoms with Crippen molar-refractivity contribution >= 4 is 28.3 Å². The molecule has 6 nitrogen and oxygen atoms in total. The molecule has 3 unspecified atom stereocenters. The summed E-state index contributed by atoms with van der Waals surface area (Å²) in [6.07, 6.45) is 3.76. The van der Waals surface area contributed by atoms with Gasteiger partial charge in [-0.25, -0.2) is 12.7 Å². The van der Waals surface area contributed by atoms with Gasteiger partial charge in [0.15, 0.2) is 0 Å². The van der Waals surface area contributed by atoms with Crippen LogP contribution >= 0.6 is 12.4 Å². The van der Waals surface area contributed by atoms with E-state index in [1.807, 2.05) is 13.8 Å². The van der Waals surface area contributed by atoms with E-state index < -0.39 is 15.6 Å². The molecule has 1 fully saturated rings. The number of sulfonamides is 1. The summed E-state index contributed by atoms with van der Waals surface area (Å²) in [6.45, 7) is 3.84. The molecule has 2 rings (SSSR count). The number of nitrogens with one attached hydrogen (secondary N) is 1. The summed E-state index contributed by atoms with van der Waals surface area (Å²) in [4.78, 5) is 12.9. The predicted octanol–water partition coefficient (Wildman–Crippen LogP) is 2.44. The van der Waals surface area contributed by atoms with Crippen LogP contribution < -0.4 is 11.1 Å². The van der Waals surface area contributed by atoms with Crippen molar-refractivity contribution in [1.29, 1.82) is 0 Å². The minimum absolute atomic E-state index is 0. The molecule has 0 radical (unpaired) electrons. The van der Waals surface area contributed by atoms with Crippen LogP contribution in [0.25, 0.3) is 0 Å². The van der Waals surface area contributed by atoms with Crippen LogP contribution in [0, 0.1) is 5.92 Å². The minimum atomic E-state index is -3.45. The number of benzene rings is 1. The fraction of sp³-hybridized carbons (Fsp3) is 0.611. The molecule has 0 spiro atoms. The van der Waals surface area contributed by atoms with Crippen LogP contribution in [0.2, 0.25) is 0 Å². The average molecular weight is 404 g/mol. The van der Waals surface area contributed by atoms with Crippen LogP contribution in [0.5, 0.6) is 0 Å². The number of carbonyl (C=O) groups excluding carboxylic acids is 1. The van der Waals surface area contributed by atoms with Gasteiger partial charge < -0.3 is 11.1 Å². The molecule has 1 aliphatic rings. The molecule has 148 valence electrons. The summed E-state index contributed by atoms with van der Waals surface area (Å²) >= 11 is 0. The van der Waals surface area contributed by atoms with Crippen LogP contribution in [0.15, 0.2) is 29.2 Å². The molecule has 0 saturated heterocycles. The van der Waals surface area contributed by atoms with Crippen molar-refractivity contribution < 1.29 is 13.2 Å². The van der Waals surface area contributed by atoms with Gasteiger partial charge in [0.1, 0.15) is 0 Å². The molecule has 1 aliphatic carbocycles. The van der Waals surface area contributed by atoms with Crippen molar-refractivity contribution in [3.05, 3.63) is 29.8 Å². The van der Waals surface area contributed by atoms with Crippen molar-refractivity contribution in [1.82, 2.24) is 9.62 Å². The van der Waals surface area contributed by atoms with E-state index in [2.05, 4.69) is 5.32 Å². The number of nitrogens with zero attached hydrogens (tertiary/aromatic N) is 1. The Morgan fingerprint density at radius 3 is 2.35 bits per heavy atom. The highest BCUT2D eigenvalue weighted by molar-refractivity contribution is 7.89. The Hall–Kier alpha value is -1.15. The van der Waals surface area contributed by atoms with Gasteiger partial charge in [-0.3, -0.25) is 4.79 Å². The van der Waals surface area contributed by atoms with Gasteiger partial charge in [-0.05, 0) is 44.4 Å². The highest BCUT2D eigenvalue weighted by Crippen LogP contribution is 2.32. The van der Waals surface area contributed by atoms with Gasteiger partial charge in [0, 0.05) is 19.6 Å². The lowest BCUT2D eigenvalue weighted by Crippen LogP contribution is -2.53.